The van der Waals surface area contributed by atoms with E-state index in [1.54, 1.807) is 7.11 Å². The molecular formula is C22H36N4O3. The standard InChI is InChI=1S/C22H36N4O3/c1-5-23-22(24-12-11-21(27)26-13-7-8-17(2)16-26)25-15-18(3)29-20-10-6-9-19(14-20)28-4/h6,9-10,14,17-18H,5,7-8,11-13,15-16H2,1-4H3,(H2,23,24,25). The van der Waals surface area contributed by atoms with Gasteiger partial charge in [0, 0.05) is 38.7 Å². The van der Waals surface area contributed by atoms with Crippen molar-refractivity contribution in [3.05, 3.63) is 24.3 Å². The summed E-state index contributed by atoms with van der Waals surface area (Å²) in [6, 6.07) is 7.54. The molecule has 0 aliphatic carbocycles. The van der Waals surface area contributed by atoms with Crippen molar-refractivity contribution in [2.24, 2.45) is 10.9 Å². The van der Waals surface area contributed by atoms with Crippen LogP contribution >= 0.6 is 0 Å². The Kier molecular flexibility index (Phi) is 9.60. The van der Waals surface area contributed by atoms with Gasteiger partial charge >= 0.3 is 0 Å². The number of rotatable bonds is 9. The first kappa shape index (κ1) is 22.8. The minimum atomic E-state index is -0.0889. The van der Waals surface area contributed by atoms with E-state index >= 15 is 0 Å². The van der Waals surface area contributed by atoms with Gasteiger partial charge in [-0.1, -0.05) is 13.0 Å². The number of carbonyl (C=O) groups excluding carboxylic acids is 1. The highest BCUT2D eigenvalue weighted by Crippen LogP contribution is 2.20. The van der Waals surface area contributed by atoms with E-state index < -0.39 is 0 Å². The molecule has 2 unspecified atom stereocenters. The van der Waals surface area contributed by atoms with Crippen LogP contribution in [0.4, 0.5) is 0 Å². The molecule has 1 heterocycles. The molecule has 1 fully saturated rings. The molecule has 1 aromatic rings. The number of methoxy groups -OCH3 is 1. The fourth-order valence-corrected chi connectivity index (χ4v) is 3.37. The van der Waals surface area contributed by atoms with E-state index in [0.717, 1.165) is 37.6 Å². The zero-order valence-electron chi connectivity index (χ0n) is 18.2. The first-order valence-electron chi connectivity index (χ1n) is 10.6. The van der Waals surface area contributed by atoms with Gasteiger partial charge in [0.2, 0.25) is 5.91 Å². The minimum Gasteiger partial charge on any atom is -0.497 e. The Bertz CT molecular complexity index is 665. The second-order valence-electron chi connectivity index (χ2n) is 7.59. The van der Waals surface area contributed by atoms with Crippen LogP contribution in [0.3, 0.4) is 0 Å². The summed E-state index contributed by atoms with van der Waals surface area (Å²) in [5.41, 5.74) is 0. The number of nitrogens with zero attached hydrogens (tertiary/aromatic N) is 2. The predicted molar refractivity (Wildman–Crippen MR) is 117 cm³/mol. The Morgan fingerprint density at radius 3 is 2.86 bits per heavy atom. The van der Waals surface area contributed by atoms with Crippen molar-refractivity contribution in [1.29, 1.82) is 0 Å². The van der Waals surface area contributed by atoms with Crippen molar-refractivity contribution in [3.8, 4) is 11.5 Å². The molecule has 29 heavy (non-hydrogen) atoms. The highest BCUT2D eigenvalue weighted by molar-refractivity contribution is 5.81. The van der Waals surface area contributed by atoms with Crippen LogP contribution in [0.1, 0.15) is 40.0 Å². The molecule has 1 saturated heterocycles. The van der Waals surface area contributed by atoms with Gasteiger partial charge in [0.25, 0.3) is 0 Å². The van der Waals surface area contributed by atoms with Crippen molar-refractivity contribution in [2.45, 2.75) is 46.1 Å². The van der Waals surface area contributed by atoms with E-state index in [2.05, 4.69) is 22.5 Å². The van der Waals surface area contributed by atoms with E-state index in [4.69, 9.17) is 9.47 Å². The second kappa shape index (κ2) is 12.2. The molecule has 7 nitrogen and oxygen atoms in total. The first-order chi connectivity index (χ1) is 14.0. The number of carbonyl (C=O) groups is 1. The average molecular weight is 405 g/mol. The molecule has 0 bridgehead atoms. The lowest BCUT2D eigenvalue weighted by Gasteiger charge is -2.31. The number of hydrogen-bond donors (Lipinski definition) is 2. The number of guanidine groups is 1. The number of benzene rings is 1. The summed E-state index contributed by atoms with van der Waals surface area (Å²) in [6.45, 7) is 9.81. The van der Waals surface area contributed by atoms with E-state index in [9.17, 15) is 4.79 Å². The Morgan fingerprint density at radius 2 is 2.14 bits per heavy atom. The topological polar surface area (TPSA) is 75.2 Å². The molecule has 1 aliphatic rings. The summed E-state index contributed by atoms with van der Waals surface area (Å²) < 4.78 is 11.1. The number of amides is 1. The van der Waals surface area contributed by atoms with Crippen LogP contribution in [0.5, 0.6) is 11.5 Å². The van der Waals surface area contributed by atoms with Gasteiger partial charge in [-0.05, 0) is 44.7 Å². The summed E-state index contributed by atoms with van der Waals surface area (Å²) in [4.78, 5) is 19.0. The average Bonchev–Trinajstić information content (AvgIpc) is 2.72. The monoisotopic (exact) mass is 404 g/mol. The molecule has 0 spiro atoms. The van der Waals surface area contributed by atoms with Gasteiger partial charge in [0.1, 0.15) is 17.6 Å². The van der Waals surface area contributed by atoms with Crippen molar-refractivity contribution >= 4 is 11.9 Å². The molecule has 1 aliphatic heterocycles. The van der Waals surface area contributed by atoms with Crippen LogP contribution in [0.25, 0.3) is 0 Å². The lowest BCUT2D eigenvalue weighted by molar-refractivity contribution is -0.132. The van der Waals surface area contributed by atoms with Crippen LogP contribution in [0, 0.1) is 5.92 Å². The van der Waals surface area contributed by atoms with Crippen LogP contribution < -0.4 is 20.1 Å². The molecule has 0 radical (unpaired) electrons. The van der Waals surface area contributed by atoms with Crippen molar-refractivity contribution in [2.75, 3.05) is 39.8 Å². The fraction of sp³-hybridized carbons (Fsp3) is 0.636. The highest BCUT2D eigenvalue weighted by Gasteiger charge is 2.20. The molecule has 2 N–H and O–H groups in total. The summed E-state index contributed by atoms with van der Waals surface area (Å²) in [5.74, 6) is 3.04. The molecule has 7 heteroatoms. The maximum atomic E-state index is 12.4. The molecule has 1 aromatic carbocycles. The number of piperidine rings is 1. The smallest absolute Gasteiger partial charge is 0.224 e. The summed E-state index contributed by atoms with van der Waals surface area (Å²) >= 11 is 0. The molecule has 1 amide bonds. The van der Waals surface area contributed by atoms with Crippen molar-refractivity contribution < 1.29 is 14.3 Å². The largest absolute Gasteiger partial charge is 0.497 e. The van der Waals surface area contributed by atoms with E-state index in [1.165, 1.54) is 6.42 Å². The van der Waals surface area contributed by atoms with Gasteiger partial charge < -0.3 is 25.0 Å². The van der Waals surface area contributed by atoms with Gasteiger partial charge in [0.15, 0.2) is 5.96 Å². The van der Waals surface area contributed by atoms with Crippen LogP contribution in [0.15, 0.2) is 29.3 Å². The van der Waals surface area contributed by atoms with Gasteiger partial charge in [0.05, 0.1) is 13.7 Å². The van der Waals surface area contributed by atoms with Crippen LogP contribution in [-0.4, -0.2) is 62.7 Å². The molecule has 0 aromatic heterocycles. The maximum absolute atomic E-state index is 12.4. The predicted octanol–water partition coefficient (Wildman–Crippen LogP) is 2.67. The van der Waals surface area contributed by atoms with Gasteiger partial charge in [-0.25, -0.2) is 4.99 Å². The highest BCUT2D eigenvalue weighted by atomic mass is 16.5. The summed E-state index contributed by atoms with van der Waals surface area (Å²) in [5, 5.41) is 6.47. The van der Waals surface area contributed by atoms with Crippen molar-refractivity contribution in [3.63, 3.8) is 0 Å². The molecular weight excluding hydrogens is 368 g/mol. The lowest BCUT2D eigenvalue weighted by Crippen LogP contribution is -2.42. The third kappa shape index (κ3) is 8.21. The van der Waals surface area contributed by atoms with Gasteiger partial charge in [-0.2, -0.15) is 0 Å². The van der Waals surface area contributed by atoms with E-state index in [0.29, 0.717) is 31.4 Å². The fourth-order valence-electron chi connectivity index (χ4n) is 3.37. The van der Waals surface area contributed by atoms with Crippen LogP contribution in [-0.2, 0) is 4.79 Å². The maximum Gasteiger partial charge on any atom is 0.224 e. The Labute approximate surface area is 174 Å². The van der Waals surface area contributed by atoms with E-state index in [1.807, 2.05) is 43.0 Å². The zero-order chi connectivity index (χ0) is 21.1. The first-order valence-corrected chi connectivity index (χ1v) is 10.6. The number of aliphatic imine (C=N–C) groups is 1. The van der Waals surface area contributed by atoms with E-state index in [-0.39, 0.29) is 12.0 Å². The third-order valence-corrected chi connectivity index (χ3v) is 4.87. The van der Waals surface area contributed by atoms with Crippen LogP contribution in [0.2, 0.25) is 0 Å². The molecule has 0 saturated carbocycles. The third-order valence-electron chi connectivity index (χ3n) is 4.87. The summed E-state index contributed by atoms with van der Waals surface area (Å²) in [6.07, 6.45) is 2.71. The number of ether oxygens (including phenoxy) is 2. The minimum absolute atomic E-state index is 0.0889. The number of hydrogen-bond acceptors (Lipinski definition) is 4. The Balaban J connectivity index is 1.78. The zero-order valence-corrected chi connectivity index (χ0v) is 18.2. The number of likely N-dealkylation sites (tertiary alicyclic amines) is 1. The second-order valence-corrected chi connectivity index (χ2v) is 7.59. The number of nitrogens with one attached hydrogen (secondary N) is 2. The molecule has 2 atom stereocenters. The summed E-state index contributed by atoms with van der Waals surface area (Å²) in [7, 11) is 1.64. The SMILES string of the molecule is CCNC(=NCC(C)Oc1cccc(OC)c1)NCCC(=O)N1CCCC(C)C1. The Hall–Kier alpha value is -2.44. The quantitative estimate of drug-likeness (QED) is 0.489. The Morgan fingerprint density at radius 1 is 1.34 bits per heavy atom. The van der Waals surface area contributed by atoms with Gasteiger partial charge in [-0.15, -0.1) is 0 Å². The lowest BCUT2D eigenvalue weighted by atomic mass is 10.00. The molecule has 2 rings (SSSR count). The van der Waals surface area contributed by atoms with Crippen molar-refractivity contribution in [1.82, 2.24) is 15.5 Å². The normalized spacial score (nSPS) is 18.1. The van der Waals surface area contributed by atoms with Gasteiger partial charge in [-0.3, -0.25) is 4.79 Å². The molecule has 162 valence electrons.